The van der Waals surface area contributed by atoms with E-state index in [4.69, 9.17) is 0 Å². The fraction of sp³-hybridized carbons (Fsp3) is 0.269. The summed E-state index contributed by atoms with van der Waals surface area (Å²) in [6.07, 6.45) is 1.43. The Bertz CT molecular complexity index is 1520. The number of carbonyl (C=O) groups excluding carboxylic acids is 2. The number of hydrogen-bond donors (Lipinski definition) is 2. The number of nitrogens with zero attached hydrogens (tertiary/aromatic N) is 3. The maximum atomic E-state index is 14.0. The first-order chi connectivity index (χ1) is 17.5. The van der Waals surface area contributed by atoms with Crippen molar-refractivity contribution in [1.29, 1.82) is 0 Å². The van der Waals surface area contributed by atoms with Crippen molar-refractivity contribution in [3.8, 4) is 5.75 Å². The highest BCUT2D eigenvalue weighted by Gasteiger charge is 2.50. The highest BCUT2D eigenvalue weighted by Crippen LogP contribution is 2.38. The number of pyridine rings is 1. The summed E-state index contributed by atoms with van der Waals surface area (Å²) < 4.78 is 42.4. The fourth-order valence-corrected chi connectivity index (χ4v) is 5.15. The van der Waals surface area contributed by atoms with Crippen molar-refractivity contribution < 1.29 is 27.9 Å². The van der Waals surface area contributed by atoms with Crippen molar-refractivity contribution in [2.45, 2.75) is 39.0 Å². The average Bonchev–Trinajstić information content (AvgIpc) is 2.84. The molecule has 0 radical (unpaired) electrons. The maximum absolute atomic E-state index is 14.0. The Morgan fingerprint density at radius 3 is 2.49 bits per heavy atom. The van der Waals surface area contributed by atoms with E-state index in [9.17, 15) is 32.7 Å². The van der Waals surface area contributed by atoms with Crippen molar-refractivity contribution in [2.24, 2.45) is 0 Å². The number of likely N-dealkylation sites (N-methyl/N-ethyl adjacent to an activating group) is 1. The third-order valence-electron chi connectivity index (χ3n) is 7.04. The average molecular weight is 512 g/mol. The molecule has 0 bridgehead atoms. The van der Waals surface area contributed by atoms with E-state index >= 15 is 0 Å². The lowest BCUT2D eigenvalue weighted by molar-refractivity contribution is 0.0300. The van der Waals surface area contributed by atoms with E-state index in [1.165, 1.54) is 34.0 Å². The van der Waals surface area contributed by atoms with Crippen LogP contribution >= 0.6 is 0 Å². The number of aromatic hydroxyl groups is 1. The van der Waals surface area contributed by atoms with Crippen LogP contribution in [0, 0.1) is 17.5 Å². The zero-order chi connectivity index (χ0) is 26.6. The lowest BCUT2D eigenvalue weighted by Gasteiger charge is -2.56. The quantitative estimate of drug-likeness (QED) is 0.561. The van der Waals surface area contributed by atoms with Gasteiger partial charge in [-0.15, -0.1) is 0 Å². The van der Waals surface area contributed by atoms with Gasteiger partial charge < -0.3 is 15.3 Å². The van der Waals surface area contributed by atoms with E-state index < -0.39 is 51.7 Å². The molecule has 0 saturated carbocycles. The molecule has 0 saturated heterocycles. The van der Waals surface area contributed by atoms with Gasteiger partial charge in [-0.1, -0.05) is 12.1 Å². The number of amides is 2. The summed E-state index contributed by atoms with van der Waals surface area (Å²) in [4.78, 5) is 40.8. The Morgan fingerprint density at radius 2 is 1.78 bits per heavy atom. The maximum Gasteiger partial charge on any atom is 0.278 e. The van der Waals surface area contributed by atoms with Gasteiger partial charge in [0.05, 0.1) is 6.54 Å². The molecular formula is C26H23F3N4O4. The predicted molar refractivity (Wildman–Crippen MR) is 127 cm³/mol. The first-order valence-electron chi connectivity index (χ1n) is 11.6. The van der Waals surface area contributed by atoms with Gasteiger partial charge in [0.25, 0.3) is 11.8 Å². The molecule has 1 aromatic heterocycles. The normalized spacial score (nSPS) is 18.2. The zero-order valence-electron chi connectivity index (χ0n) is 20.0. The summed E-state index contributed by atoms with van der Waals surface area (Å²) >= 11 is 0. The molecule has 0 unspecified atom stereocenters. The van der Waals surface area contributed by atoms with Crippen LogP contribution in [-0.2, 0) is 19.5 Å². The minimum Gasteiger partial charge on any atom is -0.502 e. The second-order valence-electron chi connectivity index (χ2n) is 9.25. The molecule has 192 valence electrons. The Hall–Kier alpha value is -4.28. The van der Waals surface area contributed by atoms with Gasteiger partial charge in [-0.05, 0) is 43.2 Å². The molecule has 3 aromatic rings. The van der Waals surface area contributed by atoms with Gasteiger partial charge in [0, 0.05) is 37.3 Å². The first kappa shape index (κ1) is 24.4. The van der Waals surface area contributed by atoms with Crippen molar-refractivity contribution in [3.63, 3.8) is 0 Å². The molecule has 2 N–H and O–H groups in total. The molecule has 8 nitrogen and oxygen atoms in total. The number of aromatic nitrogens is 1. The number of benzene rings is 2. The minimum atomic E-state index is -1.06. The van der Waals surface area contributed by atoms with Gasteiger partial charge in [-0.25, -0.2) is 13.2 Å². The van der Waals surface area contributed by atoms with E-state index in [0.29, 0.717) is 6.07 Å². The molecule has 2 aliphatic rings. The summed E-state index contributed by atoms with van der Waals surface area (Å²) in [7, 11) is 0. The van der Waals surface area contributed by atoms with Crippen LogP contribution < -0.4 is 15.8 Å². The smallest absolute Gasteiger partial charge is 0.278 e. The van der Waals surface area contributed by atoms with Gasteiger partial charge in [-0.2, -0.15) is 0 Å². The molecule has 3 heterocycles. The van der Waals surface area contributed by atoms with E-state index in [1.54, 1.807) is 24.9 Å². The van der Waals surface area contributed by atoms with Crippen LogP contribution in [0.2, 0.25) is 0 Å². The minimum absolute atomic E-state index is 0.00163. The standard InChI is InChI=1S/C26H23F3N4O4/c1-3-31-25(37)21-23(35)22(34)19(24(36)30-11-14-4-6-18(28)9-20(14)29)13-32(21)33-12-15-5-7-17(27)8-16(15)10-26(31,33)2/h4-9,13,35H,3,10-12H2,1-2H3,(H,30,36)/t26-/m0/s1. The number of rotatable bonds is 4. The van der Waals surface area contributed by atoms with E-state index in [2.05, 4.69) is 5.32 Å². The SMILES string of the molecule is CCN1C(=O)c2c(O)c(=O)c(C(=O)NCc3ccc(F)cc3F)cn2N2Cc3ccc(F)cc3C[C@@]12C. The number of nitrogens with one attached hydrogen (secondary N) is 1. The van der Waals surface area contributed by atoms with Crippen molar-refractivity contribution >= 4 is 11.8 Å². The van der Waals surface area contributed by atoms with Crippen molar-refractivity contribution in [2.75, 3.05) is 11.6 Å². The van der Waals surface area contributed by atoms with Crippen molar-refractivity contribution in [3.05, 3.63) is 98.2 Å². The summed E-state index contributed by atoms with van der Waals surface area (Å²) in [5.41, 5.74) is -1.31. The molecule has 2 aliphatic heterocycles. The highest BCUT2D eigenvalue weighted by molar-refractivity contribution is 5.99. The number of fused-ring (bicyclic) bond motifs is 4. The Labute approximate surface area is 209 Å². The number of carbonyl (C=O) groups is 2. The molecule has 0 fully saturated rings. The largest absolute Gasteiger partial charge is 0.502 e. The Balaban J connectivity index is 1.58. The number of hydrogen-bond acceptors (Lipinski definition) is 5. The van der Waals surface area contributed by atoms with Gasteiger partial charge in [0.2, 0.25) is 5.43 Å². The lowest BCUT2D eigenvalue weighted by Crippen LogP contribution is -2.71. The summed E-state index contributed by atoms with van der Waals surface area (Å²) in [6.45, 7) is 3.65. The van der Waals surface area contributed by atoms with Gasteiger partial charge >= 0.3 is 0 Å². The van der Waals surface area contributed by atoms with Crippen LogP contribution in [0.1, 0.15) is 51.4 Å². The first-order valence-corrected chi connectivity index (χ1v) is 11.6. The Morgan fingerprint density at radius 1 is 1.08 bits per heavy atom. The van der Waals surface area contributed by atoms with E-state index in [-0.39, 0.29) is 37.3 Å². The topological polar surface area (TPSA) is 94.9 Å². The number of halogens is 3. The molecule has 1 atom stereocenters. The van der Waals surface area contributed by atoms with Gasteiger partial charge in [-0.3, -0.25) is 24.1 Å². The summed E-state index contributed by atoms with van der Waals surface area (Å²) in [5.74, 6) is -4.46. The predicted octanol–water partition coefficient (Wildman–Crippen LogP) is 2.79. The summed E-state index contributed by atoms with van der Waals surface area (Å²) in [5, 5.41) is 14.9. The lowest BCUT2D eigenvalue weighted by atomic mass is 9.88. The van der Waals surface area contributed by atoms with Crippen LogP contribution in [0.5, 0.6) is 5.75 Å². The Kier molecular flexibility index (Phi) is 5.73. The van der Waals surface area contributed by atoms with Crippen LogP contribution in [-0.4, -0.2) is 38.7 Å². The van der Waals surface area contributed by atoms with E-state index in [1.807, 2.05) is 0 Å². The molecule has 0 spiro atoms. The molecule has 11 heteroatoms. The molecule has 2 aromatic carbocycles. The molecular weight excluding hydrogens is 489 g/mol. The molecule has 0 aliphatic carbocycles. The molecule has 2 amide bonds. The van der Waals surface area contributed by atoms with Crippen molar-refractivity contribution in [1.82, 2.24) is 14.9 Å². The molecule has 37 heavy (non-hydrogen) atoms. The second kappa shape index (κ2) is 8.68. The van der Waals surface area contributed by atoms with E-state index in [0.717, 1.165) is 17.2 Å². The second-order valence-corrected chi connectivity index (χ2v) is 9.25. The fourth-order valence-electron chi connectivity index (χ4n) is 5.15. The highest BCUT2D eigenvalue weighted by atomic mass is 19.1. The van der Waals surface area contributed by atoms with Crippen LogP contribution in [0.3, 0.4) is 0 Å². The van der Waals surface area contributed by atoms with Gasteiger partial charge in [0.15, 0.2) is 11.4 Å². The zero-order valence-corrected chi connectivity index (χ0v) is 20.0. The monoisotopic (exact) mass is 512 g/mol. The van der Waals surface area contributed by atoms with Crippen LogP contribution in [0.15, 0.2) is 47.4 Å². The van der Waals surface area contributed by atoms with Crippen LogP contribution in [0.25, 0.3) is 0 Å². The summed E-state index contributed by atoms with van der Waals surface area (Å²) in [6, 6.07) is 7.25. The molecule has 5 rings (SSSR count). The van der Waals surface area contributed by atoms with Gasteiger partial charge in [0.1, 0.15) is 28.7 Å². The third kappa shape index (κ3) is 3.81. The van der Waals surface area contributed by atoms with Crippen LogP contribution in [0.4, 0.5) is 13.2 Å². The third-order valence-corrected chi connectivity index (χ3v) is 7.04.